The topological polar surface area (TPSA) is 81.1 Å². The lowest BCUT2D eigenvalue weighted by atomic mass is 10.1. The molecule has 4 nitrogen and oxygen atoms in total. The quantitative estimate of drug-likeness (QED) is 0.713. The summed E-state index contributed by atoms with van der Waals surface area (Å²) < 4.78 is 14.7. The summed E-state index contributed by atoms with van der Waals surface area (Å²) in [6, 6.07) is 5.77. The molecule has 0 saturated heterocycles. The number of halogens is 3. The van der Waals surface area contributed by atoms with Crippen LogP contribution in [0.15, 0.2) is 28.7 Å². The minimum Gasteiger partial charge on any atom is -0.398 e. The molecule has 0 heterocycles. The van der Waals surface area contributed by atoms with Crippen molar-refractivity contribution in [2.75, 3.05) is 11.1 Å². The van der Waals surface area contributed by atoms with E-state index >= 15 is 0 Å². The molecular formula is C14H12BrClFN3O. The van der Waals surface area contributed by atoms with Crippen LogP contribution in [0.2, 0.25) is 5.02 Å². The van der Waals surface area contributed by atoms with Crippen LogP contribution in [-0.2, 0) is 0 Å². The van der Waals surface area contributed by atoms with Gasteiger partial charge in [0, 0.05) is 15.2 Å². The Hall–Kier alpha value is -1.79. The van der Waals surface area contributed by atoms with Gasteiger partial charge in [-0.1, -0.05) is 11.6 Å². The molecule has 1 amide bonds. The average molecular weight is 373 g/mol. The fraction of sp³-hybridized carbons (Fsp3) is 0.0714. The Balaban J connectivity index is 2.47. The third-order valence-corrected chi connectivity index (χ3v) is 3.99. The van der Waals surface area contributed by atoms with Crippen molar-refractivity contribution >= 4 is 50.5 Å². The number of hydrogen-bond acceptors (Lipinski definition) is 3. The van der Waals surface area contributed by atoms with Gasteiger partial charge in [-0.05, 0) is 52.7 Å². The summed E-state index contributed by atoms with van der Waals surface area (Å²) in [4.78, 5) is 11.3. The maximum Gasteiger partial charge on any atom is 0.250 e. The van der Waals surface area contributed by atoms with E-state index in [0.717, 1.165) is 11.6 Å². The molecule has 2 aromatic carbocycles. The van der Waals surface area contributed by atoms with Gasteiger partial charge in [-0.25, -0.2) is 4.39 Å². The molecule has 0 aromatic heterocycles. The molecule has 0 spiro atoms. The highest BCUT2D eigenvalue weighted by molar-refractivity contribution is 9.10. The molecule has 21 heavy (non-hydrogen) atoms. The zero-order valence-corrected chi connectivity index (χ0v) is 13.3. The Morgan fingerprint density at radius 1 is 1.29 bits per heavy atom. The largest absolute Gasteiger partial charge is 0.398 e. The van der Waals surface area contributed by atoms with E-state index in [1.54, 1.807) is 12.1 Å². The van der Waals surface area contributed by atoms with Gasteiger partial charge in [-0.3, -0.25) is 4.79 Å². The maximum atomic E-state index is 13.9. The molecule has 0 atom stereocenters. The number of hydrogen-bond donors (Lipinski definition) is 3. The number of nitrogen functional groups attached to an aromatic ring is 1. The highest BCUT2D eigenvalue weighted by Gasteiger charge is 2.13. The molecule has 2 aromatic rings. The Labute approximate surface area is 134 Å². The molecule has 0 radical (unpaired) electrons. The first-order chi connectivity index (χ1) is 9.79. The predicted octanol–water partition coefficient (Wildman–Crippen LogP) is 3.97. The van der Waals surface area contributed by atoms with Gasteiger partial charge in [0.1, 0.15) is 5.82 Å². The summed E-state index contributed by atoms with van der Waals surface area (Å²) in [5.74, 6) is -1.32. The number of anilines is 3. The number of carbonyl (C=O) groups is 1. The normalized spacial score (nSPS) is 10.5. The highest BCUT2D eigenvalue weighted by atomic mass is 79.9. The number of aryl methyl sites for hydroxylation is 1. The molecule has 110 valence electrons. The Kier molecular flexibility index (Phi) is 4.39. The van der Waals surface area contributed by atoms with Gasteiger partial charge in [-0.15, -0.1) is 0 Å². The molecule has 0 saturated carbocycles. The van der Waals surface area contributed by atoms with E-state index in [-0.39, 0.29) is 16.9 Å². The first-order valence-corrected chi connectivity index (χ1v) is 7.08. The molecule has 0 fully saturated rings. The lowest BCUT2D eigenvalue weighted by Gasteiger charge is -2.13. The third-order valence-electron chi connectivity index (χ3n) is 2.92. The second-order valence-corrected chi connectivity index (χ2v) is 5.75. The van der Waals surface area contributed by atoms with Gasteiger partial charge in [0.15, 0.2) is 0 Å². The Morgan fingerprint density at radius 2 is 1.95 bits per heavy atom. The van der Waals surface area contributed by atoms with Gasteiger partial charge in [0.2, 0.25) is 0 Å². The second kappa shape index (κ2) is 5.91. The van der Waals surface area contributed by atoms with Crippen LogP contribution < -0.4 is 16.8 Å². The number of rotatable bonds is 3. The third kappa shape index (κ3) is 3.28. The van der Waals surface area contributed by atoms with Crippen LogP contribution in [0.25, 0.3) is 0 Å². The summed E-state index contributed by atoms with van der Waals surface area (Å²) in [6.07, 6.45) is 0. The number of amides is 1. The summed E-state index contributed by atoms with van der Waals surface area (Å²) in [5.41, 5.74) is 12.3. The predicted molar refractivity (Wildman–Crippen MR) is 86.5 cm³/mol. The molecule has 0 unspecified atom stereocenters. The maximum absolute atomic E-state index is 13.9. The van der Waals surface area contributed by atoms with E-state index < -0.39 is 11.7 Å². The number of carbonyl (C=O) groups excluding carboxylic acids is 1. The molecule has 0 aliphatic heterocycles. The van der Waals surface area contributed by atoms with Crippen LogP contribution >= 0.6 is 27.5 Å². The zero-order valence-electron chi connectivity index (χ0n) is 11.0. The van der Waals surface area contributed by atoms with E-state index in [9.17, 15) is 9.18 Å². The van der Waals surface area contributed by atoms with Crippen molar-refractivity contribution in [2.45, 2.75) is 6.92 Å². The van der Waals surface area contributed by atoms with Gasteiger partial charge in [0.05, 0.1) is 16.9 Å². The minimum atomic E-state index is -0.725. The lowest BCUT2D eigenvalue weighted by Crippen LogP contribution is -2.14. The van der Waals surface area contributed by atoms with Crippen molar-refractivity contribution in [2.24, 2.45) is 5.73 Å². The zero-order chi connectivity index (χ0) is 15.7. The molecule has 0 aliphatic rings. The summed E-state index contributed by atoms with van der Waals surface area (Å²) in [6.45, 7) is 1.85. The van der Waals surface area contributed by atoms with Crippen molar-refractivity contribution in [3.05, 3.63) is 50.7 Å². The molecule has 2 rings (SSSR count). The summed E-state index contributed by atoms with van der Waals surface area (Å²) >= 11 is 9.42. The summed E-state index contributed by atoms with van der Waals surface area (Å²) in [7, 11) is 0. The lowest BCUT2D eigenvalue weighted by molar-refractivity contribution is 0.100. The standard InChI is InChI=1S/C14H12BrClFN3O/c1-6-2-8(15)12(4-9(6)16)20-13-3-7(14(19)21)11(18)5-10(13)17/h2-5,20H,18H2,1H3,(H2,19,21). The minimum absolute atomic E-state index is 0.00782. The van der Waals surface area contributed by atoms with Crippen molar-refractivity contribution in [1.82, 2.24) is 0 Å². The molecular weight excluding hydrogens is 361 g/mol. The Morgan fingerprint density at radius 3 is 2.57 bits per heavy atom. The fourth-order valence-corrected chi connectivity index (χ4v) is 2.51. The van der Waals surface area contributed by atoms with E-state index in [4.69, 9.17) is 23.1 Å². The van der Waals surface area contributed by atoms with Crippen LogP contribution in [0, 0.1) is 12.7 Å². The Bertz CT molecular complexity index is 737. The first kappa shape index (κ1) is 15.6. The van der Waals surface area contributed by atoms with E-state index in [2.05, 4.69) is 21.2 Å². The van der Waals surface area contributed by atoms with Gasteiger partial charge < -0.3 is 16.8 Å². The van der Waals surface area contributed by atoms with Crippen LogP contribution in [0.3, 0.4) is 0 Å². The summed E-state index contributed by atoms with van der Waals surface area (Å²) in [5, 5.41) is 3.40. The van der Waals surface area contributed by atoms with Gasteiger partial charge in [-0.2, -0.15) is 0 Å². The van der Waals surface area contributed by atoms with E-state index in [1.165, 1.54) is 6.07 Å². The van der Waals surface area contributed by atoms with Crippen molar-refractivity contribution in [1.29, 1.82) is 0 Å². The molecule has 7 heteroatoms. The molecule has 0 bridgehead atoms. The smallest absolute Gasteiger partial charge is 0.250 e. The highest BCUT2D eigenvalue weighted by Crippen LogP contribution is 2.33. The van der Waals surface area contributed by atoms with Crippen molar-refractivity contribution in [3.63, 3.8) is 0 Å². The van der Waals surface area contributed by atoms with Crippen LogP contribution in [0.5, 0.6) is 0 Å². The van der Waals surface area contributed by atoms with Gasteiger partial charge >= 0.3 is 0 Å². The van der Waals surface area contributed by atoms with Gasteiger partial charge in [0.25, 0.3) is 5.91 Å². The van der Waals surface area contributed by atoms with Crippen LogP contribution in [0.4, 0.5) is 21.5 Å². The van der Waals surface area contributed by atoms with Crippen LogP contribution in [0.1, 0.15) is 15.9 Å². The van der Waals surface area contributed by atoms with Crippen molar-refractivity contribution < 1.29 is 9.18 Å². The van der Waals surface area contributed by atoms with Crippen molar-refractivity contribution in [3.8, 4) is 0 Å². The SMILES string of the molecule is Cc1cc(Br)c(Nc2cc(C(N)=O)c(N)cc2F)cc1Cl. The monoisotopic (exact) mass is 371 g/mol. The van der Waals surface area contributed by atoms with E-state index in [0.29, 0.717) is 15.2 Å². The number of nitrogens with two attached hydrogens (primary N) is 2. The average Bonchev–Trinajstić information content (AvgIpc) is 2.38. The fourth-order valence-electron chi connectivity index (χ4n) is 1.78. The van der Waals surface area contributed by atoms with E-state index in [1.807, 2.05) is 6.92 Å². The first-order valence-electron chi connectivity index (χ1n) is 5.91. The molecule has 0 aliphatic carbocycles. The number of primary amides is 1. The molecule has 5 N–H and O–H groups in total. The second-order valence-electron chi connectivity index (χ2n) is 4.49. The van der Waals surface area contributed by atoms with Crippen LogP contribution in [-0.4, -0.2) is 5.91 Å². The number of nitrogens with one attached hydrogen (secondary N) is 1. The number of benzene rings is 2.